The van der Waals surface area contributed by atoms with E-state index in [1.807, 2.05) is 0 Å². The molecule has 0 fully saturated rings. The Hall–Kier alpha value is -2.01. The first-order valence-corrected chi connectivity index (χ1v) is 10.2. The largest absolute Gasteiger partial charge is 0.396 e. The van der Waals surface area contributed by atoms with E-state index in [-0.39, 0.29) is 6.61 Å². The van der Waals surface area contributed by atoms with Gasteiger partial charge >= 0.3 is 0 Å². The van der Waals surface area contributed by atoms with E-state index in [2.05, 4.69) is 67.7 Å². The van der Waals surface area contributed by atoms with E-state index in [1.165, 1.54) is 22.0 Å². The number of aryl methyl sites for hydroxylation is 1. The number of benzene rings is 1. The van der Waals surface area contributed by atoms with Gasteiger partial charge in [0, 0.05) is 43.3 Å². The highest BCUT2D eigenvalue weighted by atomic mass is 16.3. The number of hydrogen-bond acceptors (Lipinski definition) is 2. The number of nitrogens with one attached hydrogen (secondary N) is 3. The number of aliphatic hydroxyl groups excluding tert-OH is 1. The molecule has 1 aromatic carbocycles. The number of aromatic amines is 1. The van der Waals surface area contributed by atoms with E-state index in [0.717, 1.165) is 44.9 Å². The summed E-state index contributed by atoms with van der Waals surface area (Å²) in [5.74, 6) is 1.92. The molecule has 0 radical (unpaired) electrons. The molecule has 0 aliphatic carbocycles. The second-order valence-corrected chi connectivity index (χ2v) is 7.72. The molecule has 1 aromatic heterocycles. The Bertz CT molecular complexity index is 720. The van der Waals surface area contributed by atoms with Crippen molar-refractivity contribution in [1.29, 1.82) is 0 Å². The van der Waals surface area contributed by atoms with Crippen molar-refractivity contribution in [2.45, 2.75) is 47.0 Å². The van der Waals surface area contributed by atoms with Crippen LogP contribution in [-0.2, 0) is 6.42 Å². The molecule has 2 rings (SSSR count). The third-order valence-electron chi connectivity index (χ3n) is 4.88. The zero-order valence-electron chi connectivity index (χ0n) is 17.3. The summed E-state index contributed by atoms with van der Waals surface area (Å²) in [4.78, 5) is 8.13. The number of rotatable bonds is 10. The topological polar surface area (TPSA) is 72.4 Å². The van der Waals surface area contributed by atoms with Crippen molar-refractivity contribution < 1.29 is 5.11 Å². The lowest BCUT2D eigenvalue weighted by molar-refractivity contribution is 0.245. The van der Waals surface area contributed by atoms with Gasteiger partial charge in [-0.1, -0.05) is 26.0 Å². The van der Waals surface area contributed by atoms with Crippen LogP contribution in [0.15, 0.2) is 29.4 Å². The number of nitrogens with zero attached hydrogens (tertiary/aromatic N) is 1. The van der Waals surface area contributed by atoms with Crippen LogP contribution in [0.2, 0.25) is 0 Å². The maximum absolute atomic E-state index is 9.29. The molecule has 0 saturated heterocycles. The van der Waals surface area contributed by atoms with Crippen LogP contribution in [0.4, 0.5) is 0 Å². The minimum absolute atomic E-state index is 0.233. The smallest absolute Gasteiger partial charge is 0.191 e. The Morgan fingerprint density at radius 1 is 1.26 bits per heavy atom. The van der Waals surface area contributed by atoms with Crippen molar-refractivity contribution in [3.8, 4) is 0 Å². The van der Waals surface area contributed by atoms with Crippen LogP contribution >= 0.6 is 0 Å². The Kier molecular flexibility index (Phi) is 8.65. The molecule has 0 aliphatic heterocycles. The number of guanidine groups is 1. The summed E-state index contributed by atoms with van der Waals surface area (Å²) in [7, 11) is 0. The standard InChI is InChI=1S/C22H36N4O/c1-5-23-22(26-14-18(10-12-27)13-16(2)3)24-11-9-19-15-25-20-8-6-7-17(4)21(19)20/h6-8,15-16,18,25,27H,5,9-14H2,1-4H3,(H2,23,24,26). The van der Waals surface area contributed by atoms with Crippen molar-refractivity contribution in [2.24, 2.45) is 16.8 Å². The quantitative estimate of drug-likeness (QED) is 0.380. The predicted molar refractivity (Wildman–Crippen MR) is 115 cm³/mol. The lowest BCUT2D eigenvalue weighted by atomic mass is 9.94. The Labute approximate surface area is 163 Å². The van der Waals surface area contributed by atoms with E-state index >= 15 is 0 Å². The first-order valence-electron chi connectivity index (χ1n) is 10.2. The summed E-state index contributed by atoms with van der Waals surface area (Å²) in [6.07, 6.45) is 4.97. The average molecular weight is 373 g/mol. The second kappa shape index (κ2) is 11.0. The van der Waals surface area contributed by atoms with Gasteiger partial charge in [-0.3, -0.25) is 4.99 Å². The van der Waals surface area contributed by atoms with Crippen LogP contribution in [0, 0.1) is 18.8 Å². The van der Waals surface area contributed by atoms with E-state index in [0.29, 0.717) is 11.8 Å². The minimum atomic E-state index is 0.233. The van der Waals surface area contributed by atoms with Crippen molar-refractivity contribution in [3.05, 3.63) is 35.5 Å². The van der Waals surface area contributed by atoms with Crippen molar-refractivity contribution in [1.82, 2.24) is 15.6 Å². The number of H-pyrrole nitrogens is 1. The van der Waals surface area contributed by atoms with Crippen LogP contribution in [0.25, 0.3) is 10.9 Å². The van der Waals surface area contributed by atoms with Gasteiger partial charge in [0.2, 0.25) is 0 Å². The highest BCUT2D eigenvalue weighted by Gasteiger charge is 2.11. The van der Waals surface area contributed by atoms with Gasteiger partial charge in [0.1, 0.15) is 0 Å². The van der Waals surface area contributed by atoms with Gasteiger partial charge in [-0.2, -0.15) is 0 Å². The molecule has 2 aromatic rings. The van der Waals surface area contributed by atoms with E-state index < -0.39 is 0 Å². The van der Waals surface area contributed by atoms with Gasteiger partial charge < -0.3 is 20.7 Å². The molecule has 5 nitrogen and oxygen atoms in total. The van der Waals surface area contributed by atoms with Gasteiger partial charge in [0.15, 0.2) is 5.96 Å². The molecule has 0 amide bonds. The molecule has 27 heavy (non-hydrogen) atoms. The molecule has 1 unspecified atom stereocenters. The maximum atomic E-state index is 9.29. The normalized spacial score (nSPS) is 13.3. The molecule has 150 valence electrons. The molecule has 1 atom stereocenters. The molecule has 4 N–H and O–H groups in total. The third-order valence-corrected chi connectivity index (χ3v) is 4.88. The highest BCUT2D eigenvalue weighted by Crippen LogP contribution is 2.22. The zero-order chi connectivity index (χ0) is 19.6. The van der Waals surface area contributed by atoms with Gasteiger partial charge in [0.25, 0.3) is 0 Å². The molecule has 0 aliphatic rings. The van der Waals surface area contributed by atoms with Crippen molar-refractivity contribution >= 4 is 16.9 Å². The fourth-order valence-corrected chi connectivity index (χ4v) is 3.66. The summed E-state index contributed by atoms with van der Waals surface area (Å²) in [6, 6.07) is 6.38. The highest BCUT2D eigenvalue weighted by molar-refractivity contribution is 5.86. The first-order chi connectivity index (χ1) is 13.0. The van der Waals surface area contributed by atoms with Gasteiger partial charge in [-0.15, -0.1) is 0 Å². The van der Waals surface area contributed by atoms with Gasteiger partial charge in [0.05, 0.1) is 0 Å². The van der Waals surface area contributed by atoms with Crippen LogP contribution in [-0.4, -0.2) is 42.3 Å². The molecule has 1 heterocycles. The summed E-state index contributed by atoms with van der Waals surface area (Å²) < 4.78 is 0. The van der Waals surface area contributed by atoms with Crippen LogP contribution in [0.3, 0.4) is 0 Å². The number of hydrogen-bond donors (Lipinski definition) is 4. The summed E-state index contributed by atoms with van der Waals surface area (Å²) in [5.41, 5.74) is 3.85. The third kappa shape index (κ3) is 6.58. The van der Waals surface area contributed by atoms with Crippen LogP contribution in [0.1, 0.15) is 44.7 Å². The monoisotopic (exact) mass is 372 g/mol. The van der Waals surface area contributed by atoms with E-state index in [9.17, 15) is 5.11 Å². The van der Waals surface area contributed by atoms with Crippen LogP contribution in [0.5, 0.6) is 0 Å². The SMILES string of the molecule is CCNC(=NCC(CCO)CC(C)C)NCCc1c[nH]c2cccc(C)c12. The summed E-state index contributed by atoms with van der Waals surface area (Å²) in [5, 5.41) is 17.4. The van der Waals surface area contributed by atoms with E-state index in [4.69, 9.17) is 4.99 Å². The molecule has 0 spiro atoms. The minimum Gasteiger partial charge on any atom is -0.396 e. The number of aliphatic imine (C=N–C) groups is 1. The molecule has 0 saturated carbocycles. The fraction of sp³-hybridized carbons (Fsp3) is 0.591. The first kappa shape index (κ1) is 21.3. The lowest BCUT2D eigenvalue weighted by Crippen LogP contribution is -2.38. The Morgan fingerprint density at radius 2 is 2.07 bits per heavy atom. The summed E-state index contributed by atoms with van der Waals surface area (Å²) >= 11 is 0. The molecule has 5 heteroatoms. The fourth-order valence-electron chi connectivity index (χ4n) is 3.66. The predicted octanol–water partition coefficient (Wildman–Crippen LogP) is 3.62. The number of aliphatic hydroxyl groups is 1. The Balaban J connectivity index is 1.94. The second-order valence-electron chi connectivity index (χ2n) is 7.72. The number of aromatic nitrogens is 1. The van der Waals surface area contributed by atoms with Crippen molar-refractivity contribution in [3.63, 3.8) is 0 Å². The van der Waals surface area contributed by atoms with Crippen LogP contribution < -0.4 is 10.6 Å². The lowest BCUT2D eigenvalue weighted by Gasteiger charge is -2.17. The number of fused-ring (bicyclic) bond motifs is 1. The maximum Gasteiger partial charge on any atom is 0.191 e. The Morgan fingerprint density at radius 3 is 2.78 bits per heavy atom. The zero-order valence-corrected chi connectivity index (χ0v) is 17.3. The summed E-state index contributed by atoms with van der Waals surface area (Å²) in [6.45, 7) is 11.3. The average Bonchev–Trinajstić information content (AvgIpc) is 3.04. The molecular weight excluding hydrogens is 336 g/mol. The molecular formula is C22H36N4O. The van der Waals surface area contributed by atoms with Gasteiger partial charge in [-0.05, 0) is 62.1 Å². The van der Waals surface area contributed by atoms with Gasteiger partial charge in [-0.25, -0.2) is 0 Å². The van der Waals surface area contributed by atoms with Crippen molar-refractivity contribution in [2.75, 3.05) is 26.2 Å². The van der Waals surface area contributed by atoms with E-state index in [1.54, 1.807) is 0 Å². The molecule has 0 bridgehead atoms.